The Morgan fingerprint density at radius 2 is 1.85 bits per heavy atom. The molecule has 1 aliphatic rings. The highest BCUT2D eigenvalue weighted by Crippen LogP contribution is 2.20. The summed E-state index contributed by atoms with van der Waals surface area (Å²) >= 11 is 0. The Labute approximate surface area is 151 Å². The minimum absolute atomic E-state index is 0.222. The molecule has 0 unspecified atom stereocenters. The number of benzene rings is 1. The third kappa shape index (κ3) is 4.20. The highest BCUT2D eigenvalue weighted by molar-refractivity contribution is 5.89. The quantitative estimate of drug-likeness (QED) is 0.445. The lowest BCUT2D eigenvalue weighted by Crippen LogP contribution is -2.45. The molecule has 0 amide bonds. The summed E-state index contributed by atoms with van der Waals surface area (Å²) in [6, 6.07) is 10.5. The monoisotopic (exact) mass is 359 g/mol. The number of piperazine rings is 1. The molecule has 0 atom stereocenters. The van der Waals surface area contributed by atoms with Gasteiger partial charge in [-0.1, -0.05) is 0 Å². The molecule has 2 aromatic rings. The van der Waals surface area contributed by atoms with Crippen molar-refractivity contribution >= 4 is 17.5 Å². The zero-order valence-corrected chi connectivity index (χ0v) is 14.6. The van der Waals surface area contributed by atoms with Gasteiger partial charge in [0.05, 0.1) is 24.8 Å². The first-order valence-electron chi connectivity index (χ1n) is 8.54. The van der Waals surface area contributed by atoms with Gasteiger partial charge in [-0.05, 0) is 37.3 Å². The number of ether oxygens (including phenoxy) is 1. The van der Waals surface area contributed by atoms with E-state index in [9.17, 15) is 14.9 Å². The van der Waals surface area contributed by atoms with E-state index >= 15 is 0 Å². The van der Waals surface area contributed by atoms with Crippen LogP contribution in [0.3, 0.4) is 0 Å². The van der Waals surface area contributed by atoms with Crippen molar-refractivity contribution in [2.45, 2.75) is 13.5 Å². The van der Waals surface area contributed by atoms with E-state index < -0.39 is 4.92 Å². The number of anilines is 1. The summed E-state index contributed by atoms with van der Waals surface area (Å²) in [7, 11) is 0. The number of rotatable bonds is 6. The van der Waals surface area contributed by atoms with Crippen LogP contribution >= 0.6 is 0 Å². The van der Waals surface area contributed by atoms with E-state index in [1.54, 1.807) is 25.1 Å². The SMILES string of the molecule is CCOC(=O)c1ccc(N2CCN(Cc3ccc([N+](=O)[O-])o3)CC2)cc1. The number of furan rings is 1. The Hall–Kier alpha value is -2.87. The van der Waals surface area contributed by atoms with Crippen LogP contribution in [0.4, 0.5) is 11.6 Å². The van der Waals surface area contributed by atoms with Gasteiger partial charge in [-0.3, -0.25) is 15.0 Å². The molecule has 1 aliphatic heterocycles. The molecule has 2 heterocycles. The third-order valence-electron chi connectivity index (χ3n) is 4.32. The van der Waals surface area contributed by atoms with Crippen LogP contribution in [0.1, 0.15) is 23.0 Å². The molecule has 8 heteroatoms. The lowest BCUT2D eigenvalue weighted by molar-refractivity contribution is -0.402. The van der Waals surface area contributed by atoms with Gasteiger partial charge in [-0.2, -0.15) is 0 Å². The van der Waals surface area contributed by atoms with Crippen molar-refractivity contribution < 1.29 is 18.9 Å². The van der Waals surface area contributed by atoms with Crippen molar-refractivity contribution in [1.82, 2.24) is 4.90 Å². The summed E-state index contributed by atoms with van der Waals surface area (Å²) in [5.41, 5.74) is 1.61. The van der Waals surface area contributed by atoms with E-state index in [1.165, 1.54) is 6.07 Å². The molecule has 1 saturated heterocycles. The van der Waals surface area contributed by atoms with Crippen molar-refractivity contribution in [1.29, 1.82) is 0 Å². The summed E-state index contributed by atoms with van der Waals surface area (Å²) in [4.78, 5) is 26.3. The second kappa shape index (κ2) is 8.01. The molecular formula is C18H21N3O5. The molecule has 1 aromatic carbocycles. The molecule has 0 saturated carbocycles. The normalized spacial score (nSPS) is 15.0. The smallest absolute Gasteiger partial charge is 0.433 e. The second-order valence-electron chi connectivity index (χ2n) is 6.03. The first kappa shape index (κ1) is 17.9. The van der Waals surface area contributed by atoms with Crippen molar-refractivity contribution in [3.05, 3.63) is 57.8 Å². The lowest BCUT2D eigenvalue weighted by Gasteiger charge is -2.35. The fourth-order valence-electron chi connectivity index (χ4n) is 2.96. The van der Waals surface area contributed by atoms with E-state index in [1.807, 2.05) is 12.1 Å². The van der Waals surface area contributed by atoms with Gasteiger partial charge in [0.15, 0.2) is 0 Å². The van der Waals surface area contributed by atoms with Crippen molar-refractivity contribution in [3.8, 4) is 0 Å². The van der Waals surface area contributed by atoms with Crippen molar-refractivity contribution in [2.75, 3.05) is 37.7 Å². The number of nitro groups is 1. The Morgan fingerprint density at radius 1 is 1.15 bits per heavy atom. The standard InChI is InChI=1S/C18H21N3O5/c1-2-25-18(22)14-3-5-15(6-4-14)20-11-9-19(10-12-20)13-16-7-8-17(26-16)21(23)24/h3-8H,2,9-13H2,1H3. The highest BCUT2D eigenvalue weighted by Gasteiger charge is 2.20. The van der Waals surface area contributed by atoms with Gasteiger partial charge in [0.25, 0.3) is 0 Å². The summed E-state index contributed by atoms with van der Waals surface area (Å²) in [6.07, 6.45) is 0. The van der Waals surface area contributed by atoms with Crippen LogP contribution in [-0.4, -0.2) is 48.6 Å². The molecule has 8 nitrogen and oxygen atoms in total. The maximum atomic E-state index is 11.7. The molecular weight excluding hydrogens is 338 g/mol. The zero-order valence-electron chi connectivity index (χ0n) is 14.6. The Kier molecular flexibility index (Phi) is 5.52. The van der Waals surface area contributed by atoms with E-state index in [0.29, 0.717) is 24.5 Å². The number of esters is 1. The van der Waals surface area contributed by atoms with Crippen molar-refractivity contribution in [3.63, 3.8) is 0 Å². The van der Waals surface area contributed by atoms with Crippen LogP contribution in [0, 0.1) is 10.1 Å². The van der Waals surface area contributed by atoms with Gasteiger partial charge in [-0.25, -0.2) is 4.79 Å². The predicted molar refractivity (Wildman–Crippen MR) is 95.3 cm³/mol. The Bertz CT molecular complexity index is 763. The lowest BCUT2D eigenvalue weighted by atomic mass is 10.2. The average molecular weight is 359 g/mol. The maximum Gasteiger partial charge on any atom is 0.433 e. The van der Waals surface area contributed by atoms with E-state index in [-0.39, 0.29) is 11.9 Å². The molecule has 26 heavy (non-hydrogen) atoms. The molecule has 1 fully saturated rings. The number of carbonyl (C=O) groups is 1. The van der Waals surface area contributed by atoms with Crippen molar-refractivity contribution in [2.24, 2.45) is 0 Å². The molecule has 0 N–H and O–H groups in total. The van der Waals surface area contributed by atoms with Gasteiger partial charge in [0, 0.05) is 31.9 Å². The van der Waals surface area contributed by atoms with Gasteiger partial charge >= 0.3 is 11.9 Å². The number of carbonyl (C=O) groups excluding carboxylic acids is 1. The molecule has 1 aromatic heterocycles. The molecule has 0 aliphatic carbocycles. The number of hydrogen-bond donors (Lipinski definition) is 0. The van der Waals surface area contributed by atoms with E-state index in [2.05, 4.69) is 9.80 Å². The Morgan fingerprint density at radius 3 is 2.42 bits per heavy atom. The van der Waals surface area contributed by atoms with Crippen LogP contribution in [0.15, 0.2) is 40.8 Å². The fraction of sp³-hybridized carbons (Fsp3) is 0.389. The van der Waals surface area contributed by atoms with Gasteiger partial charge in [0.2, 0.25) is 0 Å². The van der Waals surface area contributed by atoms with Crippen LogP contribution in [-0.2, 0) is 11.3 Å². The first-order valence-corrected chi connectivity index (χ1v) is 8.54. The number of nitrogens with zero attached hydrogens (tertiary/aromatic N) is 3. The molecule has 0 radical (unpaired) electrons. The summed E-state index contributed by atoms with van der Waals surface area (Å²) in [6.45, 7) is 6.03. The van der Waals surface area contributed by atoms with E-state index in [4.69, 9.17) is 9.15 Å². The van der Waals surface area contributed by atoms with Crippen LogP contribution in [0.25, 0.3) is 0 Å². The second-order valence-corrected chi connectivity index (χ2v) is 6.03. The van der Waals surface area contributed by atoms with E-state index in [0.717, 1.165) is 31.9 Å². The van der Waals surface area contributed by atoms with Crippen LogP contribution < -0.4 is 4.90 Å². The summed E-state index contributed by atoms with van der Waals surface area (Å²) < 4.78 is 10.2. The fourth-order valence-corrected chi connectivity index (χ4v) is 2.96. The third-order valence-corrected chi connectivity index (χ3v) is 4.32. The highest BCUT2D eigenvalue weighted by atomic mass is 16.6. The molecule has 0 spiro atoms. The zero-order chi connectivity index (χ0) is 18.5. The molecule has 138 valence electrons. The van der Waals surface area contributed by atoms with Gasteiger partial charge < -0.3 is 14.1 Å². The number of hydrogen-bond acceptors (Lipinski definition) is 7. The minimum atomic E-state index is -0.526. The maximum absolute atomic E-state index is 11.7. The first-order chi connectivity index (χ1) is 12.6. The summed E-state index contributed by atoms with van der Waals surface area (Å²) in [5.74, 6) is 0.0701. The van der Waals surface area contributed by atoms with Gasteiger partial charge in [0.1, 0.15) is 10.7 Å². The molecule has 3 rings (SSSR count). The average Bonchev–Trinajstić information content (AvgIpc) is 3.12. The topological polar surface area (TPSA) is 89.1 Å². The minimum Gasteiger partial charge on any atom is -0.462 e. The van der Waals surface area contributed by atoms with Gasteiger partial charge in [-0.15, -0.1) is 0 Å². The largest absolute Gasteiger partial charge is 0.462 e. The molecule has 0 bridgehead atoms. The van der Waals surface area contributed by atoms with Crippen LogP contribution in [0.2, 0.25) is 0 Å². The summed E-state index contributed by atoms with van der Waals surface area (Å²) in [5, 5.41) is 10.7. The Balaban J connectivity index is 1.53. The predicted octanol–water partition coefficient (Wildman–Crippen LogP) is 2.69. The van der Waals surface area contributed by atoms with Crippen LogP contribution in [0.5, 0.6) is 0 Å².